The van der Waals surface area contributed by atoms with Gasteiger partial charge < -0.3 is 35.8 Å². The zero-order valence-corrected chi connectivity index (χ0v) is 18.6. The molecular formula is C22H26ClF3N2O5. The first-order chi connectivity index (χ1) is 15.7. The minimum absolute atomic E-state index is 0.162. The third-order valence-corrected chi connectivity index (χ3v) is 4.92. The number of hydrogen-bond donors (Lipinski definition) is 5. The van der Waals surface area contributed by atoms with Crippen LogP contribution in [0.15, 0.2) is 42.6 Å². The second kappa shape index (κ2) is 12.1. The average molecular weight is 491 g/mol. The number of halogens is 4. The van der Waals surface area contributed by atoms with E-state index in [-0.39, 0.29) is 17.0 Å². The molecule has 0 saturated carbocycles. The summed E-state index contributed by atoms with van der Waals surface area (Å²) < 4.78 is 51.0. The monoisotopic (exact) mass is 490 g/mol. The van der Waals surface area contributed by atoms with Crippen LogP contribution in [0.3, 0.4) is 0 Å². The Morgan fingerprint density at radius 3 is 2.36 bits per heavy atom. The molecule has 0 spiro atoms. The van der Waals surface area contributed by atoms with Crippen LogP contribution >= 0.6 is 11.6 Å². The van der Waals surface area contributed by atoms with Crippen LogP contribution in [-0.4, -0.2) is 52.6 Å². The molecule has 1 saturated heterocycles. The first-order valence-corrected chi connectivity index (χ1v) is 10.5. The van der Waals surface area contributed by atoms with Crippen molar-refractivity contribution in [1.29, 1.82) is 0 Å². The van der Waals surface area contributed by atoms with E-state index < -0.39 is 54.7 Å². The Balaban J connectivity index is 0.00000187. The topological polar surface area (TPSA) is 117 Å². The predicted molar refractivity (Wildman–Crippen MR) is 117 cm³/mol. The van der Waals surface area contributed by atoms with Gasteiger partial charge in [-0.25, -0.2) is 13.2 Å². The van der Waals surface area contributed by atoms with Gasteiger partial charge >= 0.3 is 0 Å². The second-order valence-corrected chi connectivity index (χ2v) is 7.26. The van der Waals surface area contributed by atoms with Gasteiger partial charge in [-0.2, -0.15) is 0 Å². The number of nitrogens with one attached hydrogen (secondary N) is 1. The van der Waals surface area contributed by atoms with E-state index >= 15 is 0 Å². The molecule has 1 aliphatic rings. The summed E-state index contributed by atoms with van der Waals surface area (Å²) in [5.74, 6) is -4.21. The number of rotatable bonds is 6. The van der Waals surface area contributed by atoms with E-state index in [1.165, 1.54) is 6.07 Å². The summed E-state index contributed by atoms with van der Waals surface area (Å²) in [7, 11) is 0. The molecule has 3 rings (SSSR count). The maximum Gasteiger partial charge on any atom is 0.228 e. The Morgan fingerprint density at radius 2 is 1.79 bits per heavy atom. The average Bonchev–Trinajstić information content (AvgIpc) is 2.80. The van der Waals surface area contributed by atoms with Gasteiger partial charge in [0.05, 0.1) is 18.3 Å². The minimum atomic E-state index is -1.63. The largest absolute Gasteiger partial charge is 0.462 e. The van der Waals surface area contributed by atoms with Crippen LogP contribution in [0.4, 0.5) is 13.2 Å². The van der Waals surface area contributed by atoms with Gasteiger partial charge in [-0.3, -0.25) is 0 Å². The summed E-state index contributed by atoms with van der Waals surface area (Å²) in [6, 6.07) is 6.53. The quantitative estimate of drug-likeness (QED) is 0.395. The highest BCUT2D eigenvalue weighted by Gasteiger charge is 2.45. The molecule has 7 nitrogen and oxygen atoms in total. The van der Waals surface area contributed by atoms with Crippen molar-refractivity contribution in [2.75, 3.05) is 6.61 Å². The fourth-order valence-electron chi connectivity index (χ4n) is 3.05. The lowest BCUT2D eigenvalue weighted by molar-refractivity contribution is -0.250. The number of hydrogen-bond acceptors (Lipinski definition) is 7. The highest BCUT2D eigenvalue weighted by molar-refractivity contribution is 6.30. The van der Waals surface area contributed by atoms with Crippen LogP contribution in [0.25, 0.3) is 5.70 Å². The van der Waals surface area contributed by atoms with Crippen molar-refractivity contribution in [3.8, 4) is 5.75 Å². The lowest BCUT2D eigenvalue weighted by atomic mass is 9.96. The summed E-state index contributed by atoms with van der Waals surface area (Å²) in [6.45, 7) is 3.41. The lowest BCUT2D eigenvalue weighted by Gasteiger charge is -2.42. The number of ether oxygens (including phenoxy) is 2. The molecule has 0 bridgehead atoms. The van der Waals surface area contributed by atoms with E-state index in [0.717, 1.165) is 6.20 Å². The van der Waals surface area contributed by atoms with Crippen molar-refractivity contribution in [2.45, 2.75) is 44.5 Å². The third kappa shape index (κ3) is 6.52. The minimum Gasteiger partial charge on any atom is -0.462 e. The normalized spacial score (nSPS) is 25.1. The van der Waals surface area contributed by atoms with Crippen LogP contribution in [0.5, 0.6) is 5.75 Å². The maximum absolute atomic E-state index is 13.4. The van der Waals surface area contributed by atoms with Crippen molar-refractivity contribution >= 4 is 17.3 Å². The predicted octanol–water partition coefficient (Wildman–Crippen LogP) is 2.52. The zero-order chi connectivity index (χ0) is 24.7. The number of aliphatic hydroxyl groups excluding tert-OH is 3. The summed E-state index contributed by atoms with van der Waals surface area (Å²) in [5, 5.41) is 33.6. The Bertz CT molecular complexity index is 942. The van der Waals surface area contributed by atoms with Crippen molar-refractivity contribution < 1.29 is 38.0 Å². The standard InChI is InChI=1S/C20H20ClF3N2O5.C2H6/c21-10-2-1-3-11(6-10)30-20-19(29)17(18(28)15(8-27)31-20)26-7-14(25)9-4-12(22)16(24)13(23)5-9;1-2/h1-7,15,17-20,26-29H,8,25H2;1-2H3/b14-7-;. The van der Waals surface area contributed by atoms with Gasteiger partial charge in [0.2, 0.25) is 6.29 Å². The molecule has 11 heteroatoms. The fourth-order valence-corrected chi connectivity index (χ4v) is 3.23. The van der Waals surface area contributed by atoms with Crippen molar-refractivity contribution in [3.63, 3.8) is 0 Å². The summed E-state index contributed by atoms with van der Waals surface area (Å²) in [6.07, 6.45) is -4.20. The van der Waals surface area contributed by atoms with Crippen molar-refractivity contribution in [1.82, 2.24) is 5.32 Å². The summed E-state index contributed by atoms with van der Waals surface area (Å²) in [5.41, 5.74) is 5.43. The molecule has 5 atom stereocenters. The lowest BCUT2D eigenvalue weighted by Crippen LogP contribution is -2.64. The second-order valence-electron chi connectivity index (χ2n) is 6.83. The SMILES string of the molecule is CC.N/C(=C\NC1C(O)C(CO)OC(Oc2cccc(Cl)c2)C1O)c1cc(F)c(F)c(F)c1. The molecule has 0 aliphatic carbocycles. The number of benzene rings is 2. The smallest absolute Gasteiger partial charge is 0.228 e. The summed E-state index contributed by atoms with van der Waals surface area (Å²) >= 11 is 5.91. The first kappa shape index (κ1) is 26.7. The molecule has 6 N–H and O–H groups in total. The molecule has 0 aromatic heterocycles. The van der Waals surface area contributed by atoms with Gasteiger partial charge in [0, 0.05) is 16.8 Å². The van der Waals surface area contributed by atoms with Crippen LogP contribution in [0.2, 0.25) is 5.02 Å². The third-order valence-electron chi connectivity index (χ3n) is 4.68. The van der Waals surface area contributed by atoms with E-state index in [0.29, 0.717) is 17.2 Å². The molecular weight excluding hydrogens is 465 g/mol. The Labute approximate surface area is 194 Å². The molecule has 2 aromatic carbocycles. The molecule has 33 heavy (non-hydrogen) atoms. The van der Waals surface area contributed by atoms with Gasteiger partial charge in [0.1, 0.15) is 24.1 Å². The Hall–Kier alpha value is -2.50. The van der Waals surface area contributed by atoms with Crippen molar-refractivity contribution in [3.05, 3.63) is 70.6 Å². The highest BCUT2D eigenvalue weighted by Crippen LogP contribution is 2.26. The number of nitrogens with two attached hydrogens (primary N) is 1. The Kier molecular flexibility index (Phi) is 9.81. The van der Waals surface area contributed by atoms with E-state index in [4.69, 9.17) is 26.8 Å². The number of aliphatic hydroxyl groups is 3. The van der Waals surface area contributed by atoms with Gasteiger partial charge in [0.25, 0.3) is 0 Å². The molecule has 1 aliphatic heterocycles. The Morgan fingerprint density at radius 1 is 1.15 bits per heavy atom. The zero-order valence-electron chi connectivity index (χ0n) is 17.9. The molecule has 0 amide bonds. The van der Waals surface area contributed by atoms with Gasteiger partial charge in [0.15, 0.2) is 17.5 Å². The molecule has 182 valence electrons. The van der Waals surface area contributed by atoms with E-state index in [1.54, 1.807) is 18.2 Å². The van der Waals surface area contributed by atoms with Crippen LogP contribution in [0, 0.1) is 17.5 Å². The molecule has 5 unspecified atom stereocenters. The van der Waals surface area contributed by atoms with Crippen LogP contribution < -0.4 is 15.8 Å². The van der Waals surface area contributed by atoms with Crippen LogP contribution in [-0.2, 0) is 4.74 Å². The van der Waals surface area contributed by atoms with Crippen molar-refractivity contribution in [2.24, 2.45) is 5.73 Å². The van der Waals surface area contributed by atoms with Gasteiger partial charge in [-0.15, -0.1) is 0 Å². The van der Waals surface area contributed by atoms with Crippen LogP contribution in [0.1, 0.15) is 19.4 Å². The highest BCUT2D eigenvalue weighted by atomic mass is 35.5. The molecule has 1 fully saturated rings. The van der Waals surface area contributed by atoms with E-state index in [1.807, 2.05) is 13.8 Å². The summed E-state index contributed by atoms with van der Waals surface area (Å²) in [4.78, 5) is 0. The van der Waals surface area contributed by atoms with E-state index in [9.17, 15) is 28.5 Å². The van der Waals surface area contributed by atoms with E-state index in [2.05, 4.69) is 5.32 Å². The molecule has 0 radical (unpaired) electrons. The van der Waals surface area contributed by atoms with Gasteiger partial charge in [-0.1, -0.05) is 31.5 Å². The fraction of sp³-hybridized carbons (Fsp3) is 0.364. The first-order valence-electron chi connectivity index (χ1n) is 10.1. The molecule has 2 aromatic rings. The van der Waals surface area contributed by atoms with Gasteiger partial charge in [-0.05, 0) is 30.3 Å². The molecule has 1 heterocycles. The maximum atomic E-state index is 13.4.